The average Bonchev–Trinajstić information content (AvgIpc) is 3.87. The standard InChI is InChI=1S/C44H49FN14O4/c1-4-14-58-41(61)31-25-47-42(51-39(31)59(58)36-7-5-28-9-13-44(2,63)38(28)49-36)48-29-6-8-35(46-24-29)56-20-18-54(19-21-56)26-27-10-15-55(16-11-27)34-23-33-30(22-32(34)45)40(52-53(33)3)57-17-12-37(60)50-43(57)62/h4-8,22-25,27,63H,1,9-21,26H2,2-3H3,(H,47,48,51)(H,50,60,62)/t44-/m1/s1. The number of piperazine rings is 1. The van der Waals surface area contributed by atoms with Crippen molar-refractivity contribution in [2.45, 2.75) is 51.2 Å². The van der Waals surface area contributed by atoms with Crippen LogP contribution in [-0.2, 0) is 30.4 Å². The van der Waals surface area contributed by atoms with E-state index < -0.39 is 11.6 Å². The number of benzene rings is 1. The van der Waals surface area contributed by atoms with E-state index in [1.807, 2.05) is 30.3 Å². The van der Waals surface area contributed by atoms with E-state index in [2.05, 4.69) is 42.0 Å². The number of pyridine rings is 2. The first-order valence-electron chi connectivity index (χ1n) is 21.5. The number of anilines is 5. The third kappa shape index (κ3) is 7.43. The van der Waals surface area contributed by atoms with Gasteiger partial charge in [-0.2, -0.15) is 10.1 Å². The van der Waals surface area contributed by atoms with Crippen LogP contribution in [0.1, 0.15) is 43.9 Å². The molecule has 10 rings (SSSR count). The van der Waals surface area contributed by atoms with Gasteiger partial charge in [0, 0.05) is 77.4 Å². The van der Waals surface area contributed by atoms with Gasteiger partial charge in [0.1, 0.15) is 22.6 Å². The van der Waals surface area contributed by atoms with Gasteiger partial charge in [0.25, 0.3) is 5.56 Å². The van der Waals surface area contributed by atoms with Crippen molar-refractivity contribution in [3.8, 4) is 5.82 Å². The number of halogens is 1. The lowest BCUT2D eigenvalue weighted by molar-refractivity contribution is -0.120. The molecule has 3 amide bonds. The molecular weight excluding hydrogens is 808 g/mol. The third-order valence-electron chi connectivity index (χ3n) is 12.9. The summed E-state index contributed by atoms with van der Waals surface area (Å²) in [6, 6.07) is 10.5. The molecule has 5 aromatic heterocycles. The Labute approximate surface area is 361 Å². The number of aromatic nitrogens is 8. The van der Waals surface area contributed by atoms with Gasteiger partial charge in [0.05, 0.1) is 35.3 Å². The average molecular weight is 857 g/mol. The Bertz CT molecular complexity index is 2840. The Kier molecular flexibility index (Phi) is 10.2. The number of carbonyl (C=O) groups excluding carboxylic acids is 2. The number of hydrogen-bond donors (Lipinski definition) is 3. The van der Waals surface area contributed by atoms with Crippen LogP contribution >= 0.6 is 0 Å². The Morgan fingerprint density at radius 3 is 2.48 bits per heavy atom. The fraction of sp³-hybridized carbons (Fsp3) is 0.409. The van der Waals surface area contributed by atoms with Gasteiger partial charge in [-0.05, 0) is 74.4 Å². The van der Waals surface area contributed by atoms with Gasteiger partial charge in [-0.15, -0.1) is 6.58 Å². The van der Waals surface area contributed by atoms with Crippen LogP contribution in [0.4, 0.5) is 38.1 Å². The number of aliphatic hydroxyl groups is 1. The molecule has 0 radical (unpaired) electrons. The van der Waals surface area contributed by atoms with Gasteiger partial charge >= 0.3 is 6.03 Å². The maximum atomic E-state index is 15.7. The molecule has 18 nitrogen and oxygen atoms in total. The normalized spacial score (nSPS) is 19.9. The van der Waals surface area contributed by atoms with Gasteiger partial charge in [-0.1, -0.05) is 12.1 Å². The van der Waals surface area contributed by atoms with Crippen molar-refractivity contribution < 1.29 is 19.1 Å². The molecule has 1 aromatic carbocycles. The van der Waals surface area contributed by atoms with E-state index in [4.69, 9.17) is 15.0 Å². The number of nitrogens with one attached hydrogen (secondary N) is 2. The minimum Gasteiger partial charge on any atom is -0.384 e. The van der Waals surface area contributed by atoms with Crippen molar-refractivity contribution in [1.82, 2.24) is 49.3 Å². The van der Waals surface area contributed by atoms with Crippen molar-refractivity contribution in [2.24, 2.45) is 13.0 Å². The van der Waals surface area contributed by atoms with Gasteiger partial charge in [0.2, 0.25) is 11.9 Å². The van der Waals surface area contributed by atoms with Gasteiger partial charge in [-0.3, -0.25) is 29.4 Å². The van der Waals surface area contributed by atoms with Gasteiger partial charge < -0.3 is 20.2 Å². The smallest absolute Gasteiger partial charge is 0.329 e. The maximum Gasteiger partial charge on any atom is 0.329 e. The zero-order chi connectivity index (χ0) is 43.6. The lowest BCUT2D eigenvalue weighted by Gasteiger charge is -2.39. The van der Waals surface area contributed by atoms with Crippen LogP contribution in [0.15, 0.2) is 66.2 Å². The summed E-state index contributed by atoms with van der Waals surface area (Å²) in [5.74, 6) is 1.82. The summed E-state index contributed by atoms with van der Waals surface area (Å²) in [7, 11) is 1.78. The summed E-state index contributed by atoms with van der Waals surface area (Å²) in [6.45, 7) is 12.0. The van der Waals surface area contributed by atoms with Crippen LogP contribution in [0, 0.1) is 11.7 Å². The van der Waals surface area contributed by atoms with Crippen LogP contribution in [0.25, 0.3) is 27.8 Å². The van der Waals surface area contributed by atoms with Crippen molar-refractivity contribution in [1.29, 1.82) is 0 Å². The number of piperidine rings is 1. The van der Waals surface area contributed by atoms with E-state index >= 15 is 4.39 Å². The number of rotatable bonds is 10. The molecule has 0 unspecified atom stereocenters. The molecular formula is C44H49FN14O4. The van der Waals surface area contributed by atoms with E-state index in [0.29, 0.717) is 63.4 Å². The quantitative estimate of drug-likeness (QED) is 0.168. The molecule has 1 atom stereocenters. The minimum absolute atomic E-state index is 0.166. The molecule has 3 N–H and O–H groups in total. The van der Waals surface area contributed by atoms with Crippen LogP contribution in [0.3, 0.4) is 0 Å². The van der Waals surface area contributed by atoms with E-state index in [-0.39, 0.29) is 36.8 Å². The molecule has 4 aliphatic rings. The number of carbonyl (C=O) groups is 2. The monoisotopic (exact) mass is 856 g/mol. The second-order valence-corrected chi connectivity index (χ2v) is 17.1. The molecule has 1 aliphatic carbocycles. The number of amides is 3. The number of allylic oxidation sites excluding steroid dienone is 1. The summed E-state index contributed by atoms with van der Waals surface area (Å²) in [6.07, 6.45) is 8.31. The third-order valence-corrected chi connectivity index (χ3v) is 12.9. The first kappa shape index (κ1) is 40.3. The zero-order valence-electron chi connectivity index (χ0n) is 35.3. The highest BCUT2D eigenvalue weighted by molar-refractivity contribution is 6.09. The molecule has 3 aliphatic heterocycles. The molecule has 19 heteroatoms. The Balaban J connectivity index is 0.748. The van der Waals surface area contributed by atoms with Crippen LogP contribution in [0.5, 0.6) is 0 Å². The van der Waals surface area contributed by atoms with Crippen LogP contribution < -0.4 is 30.9 Å². The number of nitrogens with zero attached hydrogens (tertiary/aromatic N) is 12. The van der Waals surface area contributed by atoms with Crippen LogP contribution in [0.2, 0.25) is 0 Å². The lowest BCUT2D eigenvalue weighted by Crippen LogP contribution is -2.49. The highest BCUT2D eigenvalue weighted by Gasteiger charge is 2.35. The Morgan fingerprint density at radius 2 is 1.73 bits per heavy atom. The molecule has 8 heterocycles. The first-order chi connectivity index (χ1) is 30.4. The maximum absolute atomic E-state index is 15.7. The van der Waals surface area contributed by atoms with Crippen molar-refractivity contribution in [2.75, 3.05) is 72.4 Å². The predicted molar refractivity (Wildman–Crippen MR) is 236 cm³/mol. The Hall–Kier alpha value is -6.73. The number of hydrogen-bond acceptors (Lipinski definition) is 13. The number of imide groups is 1. The van der Waals surface area contributed by atoms with E-state index in [1.165, 1.54) is 21.8 Å². The first-order valence-corrected chi connectivity index (χ1v) is 21.5. The lowest BCUT2D eigenvalue weighted by atomic mass is 9.95. The highest BCUT2D eigenvalue weighted by atomic mass is 19.1. The minimum atomic E-state index is -1.05. The molecule has 63 heavy (non-hydrogen) atoms. The molecule has 3 fully saturated rings. The summed E-state index contributed by atoms with van der Waals surface area (Å²) in [5.41, 5.74) is 2.63. The molecule has 6 aromatic rings. The fourth-order valence-electron chi connectivity index (χ4n) is 9.48. The van der Waals surface area contributed by atoms with Crippen LogP contribution in [-0.4, -0.2) is 113 Å². The largest absolute Gasteiger partial charge is 0.384 e. The zero-order valence-corrected chi connectivity index (χ0v) is 35.3. The SMILES string of the molecule is C=CCn1c(=O)c2cnc(Nc3ccc(N4CCN(CC5CCN(c6cc7c(cc6F)c(N6CCC(=O)NC6=O)nn7C)CC5)CC4)nc3)nc2n1-c1ccc2c(n1)[C@](C)(O)CC2. The van der Waals surface area contributed by atoms with Gasteiger partial charge in [0.15, 0.2) is 17.3 Å². The number of aryl methyl sites for hydroxylation is 2. The molecule has 3 saturated heterocycles. The van der Waals surface area contributed by atoms with Crippen molar-refractivity contribution >= 4 is 62.8 Å². The van der Waals surface area contributed by atoms with E-state index in [1.54, 1.807) is 35.6 Å². The summed E-state index contributed by atoms with van der Waals surface area (Å²) in [4.78, 5) is 64.8. The molecule has 326 valence electrons. The van der Waals surface area contributed by atoms with Crippen molar-refractivity contribution in [3.05, 3.63) is 88.9 Å². The second kappa shape index (κ2) is 15.9. The molecule has 0 saturated carbocycles. The summed E-state index contributed by atoms with van der Waals surface area (Å²) >= 11 is 0. The molecule has 0 bridgehead atoms. The van der Waals surface area contributed by atoms with E-state index in [9.17, 15) is 19.5 Å². The Morgan fingerprint density at radius 1 is 0.937 bits per heavy atom. The molecule has 0 spiro atoms. The van der Waals surface area contributed by atoms with Crippen molar-refractivity contribution in [3.63, 3.8) is 0 Å². The van der Waals surface area contributed by atoms with E-state index in [0.717, 1.165) is 82.0 Å². The number of urea groups is 1. The topological polar surface area (TPSA) is 188 Å². The predicted octanol–water partition coefficient (Wildman–Crippen LogP) is 3.97. The fourth-order valence-corrected chi connectivity index (χ4v) is 9.48. The van der Waals surface area contributed by atoms with Gasteiger partial charge in [-0.25, -0.2) is 33.5 Å². The highest BCUT2D eigenvalue weighted by Crippen LogP contribution is 2.37. The summed E-state index contributed by atoms with van der Waals surface area (Å²) in [5, 5.41) is 21.9. The summed E-state index contributed by atoms with van der Waals surface area (Å²) < 4.78 is 20.5. The second-order valence-electron chi connectivity index (χ2n) is 17.1. The number of fused-ring (bicyclic) bond motifs is 3.